The number of aromatic nitrogens is 1. The molecular formula is C27H28F4N4. The maximum Gasteiger partial charge on any atom is 0.416 e. The van der Waals surface area contributed by atoms with Crippen molar-refractivity contribution in [2.45, 2.75) is 32.1 Å². The Morgan fingerprint density at radius 3 is 2.37 bits per heavy atom. The van der Waals surface area contributed by atoms with Gasteiger partial charge in [0.2, 0.25) is 0 Å². The topological polar surface area (TPSA) is 31.4 Å². The van der Waals surface area contributed by atoms with Crippen LogP contribution in [0.25, 0.3) is 11.3 Å². The van der Waals surface area contributed by atoms with Crippen LogP contribution in [-0.2, 0) is 11.8 Å². The van der Waals surface area contributed by atoms with Crippen LogP contribution in [-0.4, -0.2) is 25.1 Å². The first kappa shape index (κ1) is 24.6. The fourth-order valence-corrected chi connectivity index (χ4v) is 4.11. The minimum atomic E-state index is -4.43. The highest BCUT2D eigenvalue weighted by molar-refractivity contribution is 5.75. The highest BCUT2D eigenvalue weighted by Crippen LogP contribution is 2.36. The molecule has 0 saturated carbocycles. The fraction of sp³-hybridized carbons (Fsp3) is 0.296. The number of benzene rings is 2. The van der Waals surface area contributed by atoms with Gasteiger partial charge < -0.3 is 15.1 Å². The summed E-state index contributed by atoms with van der Waals surface area (Å²) in [6.45, 7) is 8.49. The molecular weight excluding hydrogens is 456 g/mol. The van der Waals surface area contributed by atoms with Crippen molar-refractivity contribution in [2.24, 2.45) is 0 Å². The Hall–Kier alpha value is -3.55. The lowest BCUT2D eigenvalue weighted by Gasteiger charge is -2.28. The molecule has 0 bridgehead atoms. The molecule has 0 amide bonds. The number of nitrogens with one attached hydrogen (secondary N) is 1. The van der Waals surface area contributed by atoms with Crippen LogP contribution < -0.4 is 15.1 Å². The first-order valence-electron chi connectivity index (χ1n) is 11.4. The quantitative estimate of drug-likeness (QED) is 0.388. The van der Waals surface area contributed by atoms with E-state index in [-0.39, 0.29) is 5.69 Å². The monoisotopic (exact) mass is 484 g/mol. The third-order valence-corrected chi connectivity index (χ3v) is 6.05. The van der Waals surface area contributed by atoms with Crippen molar-refractivity contribution < 1.29 is 17.6 Å². The van der Waals surface area contributed by atoms with E-state index in [2.05, 4.69) is 16.8 Å². The van der Waals surface area contributed by atoms with E-state index >= 15 is 0 Å². The zero-order chi connectivity index (χ0) is 25.4. The van der Waals surface area contributed by atoms with Gasteiger partial charge in [0.25, 0.3) is 0 Å². The smallest absolute Gasteiger partial charge is 0.372 e. The molecule has 0 aliphatic carbocycles. The van der Waals surface area contributed by atoms with E-state index in [0.717, 1.165) is 36.3 Å². The molecule has 1 aromatic heterocycles. The Labute approximate surface area is 202 Å². The van der Waals surface area contributed by atoms with Gasteiger partial charge in [0, 0.05) is 31.4 Å². The second-order valence-corrected chi connectivity index (χ2v) is 9.17. The van der Waals surface area contributed by atoms with Crippen molar-refractivity contribution in [2.75, 3.05) is 35.3 Å². The summed E-state index contributed by atoms with van der Waals surface area (Å²) >= 11 is 0. The van der Waals surface area contributed by atoms with Gasteiger partial charge >= 0.3 is 6.18 Å². The second-order valence-electron chi connectivity index (χ2n) is 9.17. The van der Waals surface area contributed by atoms with Crippen molar-refractivity contribution in [1.29, 1.82) is 0 Å². The fourth-order valence-electron chi connectivity index (χ4n) is 4.11. The second kappa shape index (κ2) is 9.24. The van der Waals surface area contributed by atoms with Crippen LogP contribution in [0.5, 0.6) is 0 Å². The number of hydrogen-bond acceptors (Lipinski definition) is 4. The number of rotatable bonds is 5. The molecule has 0 atom stereocenters. The molecule has 4 rings (SSSR count). The average Bonchev–Trinajstić information content (AvgIpc) is 2.96. The third-order valence-electron chi connectivity index (χ3n) is 6.05. The highest BCUT2D eigenvalue weighted by Gasteiger charge is 2.30. The number of nitrogens with zero attached hydrogens (tertiary/aromatic N) is 3. The summed E-state index contributed by atoms with van der Waals surface area (Å²) in [7, 11) is 1.97. The molecule has 8 heteroatoms. The minimum Gasteiger partial charge on any atom is -0.372 e. The Bertz CT molecular complexity index is 1230. The van der Waals surface area contributed by atoms with Crippen LogP contribution in [0.15, 0.2) is 73.1 Å². The number of anilines is 3. The van der Waals surface area contributed by atoms with Crippen LogP contribution in [0, 0.1) is 0 Å². The van der Waals surface area contributed by atoms with Crippen LogP contribution in [0.4, 0.5) is 34.8 Å². The lowest BCUT2D eigenvalue weighted by molar-refractivity contribution is -0.137. The maximum absolute atomic E-state index is 14.5. The van der Waals surface area contributed by atoms with Crippen LogP contribution in [0.3, 0.4) is 0 Å². The van der Waals surface area contributed by atoms with E-state index in [0.29, 0.717) is 29.4 Å². The number of fused-ring (bicyclic) bond motifs is 1. The molecule has 1 aliphatic rings. The summed E-state index contributed by atoms with van der Waals surface area (Å²) in [6, 6.07) is 16.1. The summed E-state index contributed by atoms with van der Waals surface area (Å²) in [5.74, 6) is 1.06. The average molecular weight is 485 g/mol. The Morgan fingerprint density at radius 1 is 0.943 bits per heavy atom. The molecule has 1 N–H and O–H groups in total. The van der Waals surface area contributed by atoms with E-state index < -0.39 is 17.4 Å². The van der Waals surface area contributed by atoms with Crippen LogP contribution in [0.2, 0.25) is 0 Å². The first-order chi connectivity index (χ1) is 16.4. The normalized spacial score (nSPS) is 14.4. The highest BCUT2D eigenvalue weighted by atomic mass is 19.4. The predicted molar refractivity (Wildman–Crippen MR) is 133 cm³/mol. The molecule has 1 aliphatic heterocycles. The van der Waals surface area contributed by atoms with Gasteiger partial charge in [-0.3, -0.25) is 0 Å². The molecule has 4 nitrogen and oxygen atoms in total. The number of halogens is 4. The van der Waals surface area contributed by atoms with Gasteiger partial charge in [0.05, 0.1) is 16.9 Å². The van der Waals surface area contributed by atoms with Crippen molar-refractivity contribution in [3.05, 3.63) is 84.2 Å². The molecule has 0 unspecified atom stereocenters. The predicted octanol–water partition coefficient (Wildman–Crippen LogP) is 7.20. The molecule has 2 aromatic carbocycles. The van der Waals surface area contributed by atoms with Gasteiger partial charge in [-0.25, -0.2) is 9.37 Å². The van der Waals surface area contributed by atoms with Crippen molar-refractivity contribution in [3.63, 3.8) is 0 Å². The molecule has 3 aromatic rings. The van der Waals surface area contributed by atoms with Gasteiger partial charge in [-0.15, -0.1) is 0 Å². The van der Waals surface area contributed by atoms with Gasteiger partial charge in [-0.1, -0.05) is 30.8 Å². The lowest BCUT2D eigenvalue weighted by Crippen LogP contribution is -2.28. The SMILES string of the molecule is C=C(Nc1cccc(C(F)(F)F)c1)N1CCCN(C)c2ccc(-c3cccc(C(C)(C)F)c3)nc21. The lowest BCUT2D eigenvalue weighted by atomic mass is 9.97. The summed E-state index contributed by atoms with van der Waals surface area (Å²) in [4.78, 5) is 8.87. The molecule has 0 spiro atoms. The molecule has 184 valence electrons. The molecule has 35 heavy (non-hydrogen) atoms. The maximum atomic E-state index is 14.5. The summed E-state index contributed by atoms with van der Waals surface area (Å²) < 4.78 is 54.0. The number of hydrogen-bond donors (Lipinski definition) is 1. The number of pyridine rings is 1. The van der Waals surface area contributed by atoms with E-state index in [1.807, 2.05) is 30.1 Å². The van der Waals surface area contributed by atoms with E-state index in [4.69, 9.17) is 4.98 Å². The van der Waals surface area contributed by atoms with Gasteiger partial charge in [-0.05, 0) is 62.2 Å². The Balaban J connectivity index is 1.70. The largest absolute Gasteiger partial charge is 0.416 e. The molecule has 2 heterocycles. The van der Waals surface area contributed by atoms with Gasteiger partial charge in [-0.2, -0.15) is 13.2 Å². The summed E-state index contributed by atoms with van der Waals surface area (Å²) in [6.07, 6.45) is -3.63. The zero-order valence-corrected chi connectivity index (χ0v) is 20.0. The number of alkyl halides is 4. The van der Waals surface area contributed by atoms with E-state index in [1.165, 1.54) is 19.9 Å². The molecule has 0 fully saturated rings. The summed E-state index contributed by atoms with van der Waals surface area (Å²) in [5, 5.41) is 3.02. The standard InChI is InChI=1S/C27H28F4N4/c1-18(32-22-11-6-10-21(17-22)27(29,30)31)35-15-7-14-34(4)24-13-12-23(33-25(24)35)19-8-5-9-20(16-19)26(2,3)28/h5-6,8-13,16-17,32H,1,7,14-15H2,2-4H3. The van der Waals surface area contributed by atoms with Crippen molar-refractivity contribution in [3.8, 4) is 11.3 Å². The molecule has 0 saturated heterocycles. The third kappa shape index (κ3) is 5.42. The van der Waals surface area contributed by atoms with Gasteiger partial charge in [0.1, 0.15) is 11.5 Å². The van der Waals surface area contributed by atoms with E-state index in [9.17, 15) is 17.6 Å². The van der Waals surface area contributed by atoms with E-state index in [1.54, 1.807) is 24.3 Å². The first-order valence-corrected chi connectivity index (χ1v) is 11.4. The van der Waals surface area contributed by atoms with Crippen LogP contribution >= 0.6 is 0 Å². The zero-order valence-electron chi connectivity index (χ0n) is 20.0. The van der Waals surface area contributed by atoms with Crippen LogP contribution in [0.1, 0.15) is 31.4 Å². The Morgan fingerprint density at radius 2 is 1.66 bits per heavy atom. The Kier molecular flexibility index (Phi) is 6.49. The van der Waals surface area contributed by atoms with Gasteiger partial charge in [0.15, 0.2) is 5.82 Å². The summed E-state index contributed by atoms with van der Waals surface area (Å²) in [5.41, 5.74) is 0.940. The van der Waals surface area contributed by atoms with Crippen molar-refractivity contribution >= 4 is 17.2 Å². The van der Waals surface area contributed by atoms with Crippen molar-refractivity contribution in [1.82, 2.24) is 4.98 Å². The minimum absolute atomic E-state index is 0.290. The molecule has 0 radical (unpaired) electrons.